The minimum Gasteiger partial charge on any atom is -0.497 e. The smallest absolute Gasteiger partial charge is 0.320 e. The number of methoxy groups -OCH3 is 1. The average molecular weight is 369 g/mol. The third-order valence-corrected chi connectivity index (χ3v) is 5.87. The standard InChI is InChI=1S/C20H23N3O4/c1-11(21-20(26)22-14-7-9-15(27-2)10-8-14)23-18(24)16-12-3-4-13(6-5-12)17(16)19(23)25/h3-4,7-13,16-17H,5-6H2,1-2H3,(H2,21,22,26)/t11-,12-,13-,16-,17+/m0/s1. The van der Waals surface area contributed by atoms with E-state index in [1.165, 1.54) is 4.90 Å². The molecule has 3 aliphatic carbocycles. The Kier molecular flexibility index (Phi) is 4.37. The van der Waals surface area contributed by atoms with Crippen molar-refractivity contribution in [2.45, 2.75) is 25.9 Å². The van der Waals surface area contributed by atoms with Crippen LogP contribution in [0, 0.1) is 23.7 Å². The largest absolute Gasteiger partial charge is 0.497 e. The van der Waals surface area contributed by atoms with Gasteiger partial charge in [-0.1, -0.05) is 12.2 Å². The Hall–Kier alpha value is -2.83. The van der Waals surface area contributed by atoms with Gasteiger partial charge in [-0.3, -0.25) is 14.5 Å². The van der Waals surface area contributed by atoms with Crippen LogP contribution < -0.4 is 15.4 Å². The molecule has 0 unspecified atom stereocenters. The van der Waals surface area contributed by atoms with Crippen molar-refractivity contribution in [3.63, 3.8) is 0 Å². The van der Waals surface area contributed by atoms with Crippen LogP contribution in [-0.2, 0) is 9.59 Å². The Morgan fingerprint density at radius 2 is 1.63 bits per heavy atom. The van der Waals surface area contributed by atoms with Crippen LogP contribution in [0.15, 0.2) is 36.4 Å². The summed E-state index contributed by atoms with van der Waals surface area (Å²) in [6.45, 7) is 1.66. The van der Waals surface area contributed by atoms with E-state index in [0.717, 1.165) is 12.8 Å². The van der Waals surface area contributed by atoms with Gasteiger partial charge in [0.1, 0.15) is 11.9 Å². The van der Waals surface area contributed by atoms with Gasteiger partial charge in [0.25, 0.3) is 0 Å². The molecule has 1 saturated heterocycles. The van der Waals surface area contributed by atoms with Crippen molar-refractivity contribution in [1.82, 2.24) is 10.2 Å². The number of amides is 4. The quantitative estimate of drug-likeness (QED) is 0.630. The molecule has 0 aromatic heterocycles. The van der Waals surface area contributed by atoms with Gasteiger partial charge < -0.3 is 15.4 Å². The van der Waals surface area contributed by atoms with Crippen LogP contribution in [0.25, 0.3) is 0 Å². The number of benzene rings is 1. The fourth-order valence-electron chi connectivity index (χ4n) is 4.57. The number of ether oxygens (including phenoxy) is 1. The van der Waals surface area contributed by atoms with Gasteiger partial charge in [0, 0.05) is 5.69 Å². The number of carbonyl (C=O) groups excluding carboxylic acids is 3. The molecule has 5 atom stereocenters. The molecule has 5 rings (SSSR count). The summed E-state index contributed by atoms with van der Waals surface area (Å²) >= 11 is 0. The van der Waals surface area contributed by atoms with Crippen molar-refractivity contribution in [2.24, 2.45) is 23.7 Å². The maximum Gasteiger partial charge on any atom is 0.320 e. The normalized spacial score (nSPS) is 29.5. The highest BCUT2D eigenvalue weighted by Crippen LogP contribution is 2.49. The molecule has 0 spiro atoms. The van der Waals surface area contributed by atoms with Gasteiger partial charge in [-0.25, -0.2) is 4.79 Å². The van der Waals surface area contributed by atoms with E-state index in [1.54, 1.807) is 38.3 Å². The minimum absolute atomic E-state index is 0.141. The molecule has 1 aromatic carbocycles. The minimum atomic E-state index is -0.701. The molecule has 2 fully saturated rings. The number of hydrogen-bond acceptors (Lipinski definition) is 4. The molecule has 1 saturated carbocycles. The van der Waals surface area contributed by atoms with Crippen molar-refractivity contribution in [2.75, 3.05) is 12.4 Å². The van der Waals surface area contributed by atoms with Gasteiger partial charge in [-0.05, 0) is 55.9 Å². The maximum atomic E-state index is 12.9. The first-order valence-electron chi connectivity index (χ1n) is 9.26. The van der Waals surface area contributed by atoms with E-state index in [-0.39, 0.29) is 35.5 Å². The lowest BCUT2D eigenvalue weighted by atomic mass is 9.63. The Labute approximate surface area is 157 Å². The predicted molar refractivity (Wildman–Crippen MR) is 98.8 cm³/mol. The topological polar surface area (TPSA) is 87.7 Å². The number of nitrogens with one attached hydrogen (secondary N) is 2. The molecule has 2 bridgehead atoms. The first-order chi connectivity index (χ1) is 13.0. The lowest BCUT2D eigenvalue weighted by molar-refractivity contribution is -0.142. The lowest BCUT2D eigenvalue weighted by Gasteiger charge is -2.38. The zero-order chi connectivity index (χ0) is 19.1. The zero-order valence-electron chi connectivity index (χ0n) is 15.3. The van der Waals surface area contributed by atoms with Gasteiger partial charge in [-0.15, -0.1) is 0 Å². The average Bonchev–Trinajstić information content (AvgIpc) is 2.96. The van der Waals surface area contributed by atoms with Crippen LogP contribution >= 0.6 is 0 Å². The molecule has 4 aliphatic rings. The fourth-order valence-corrected chi connectivity index (χ4v) is 4.57. The highest BCUT2D eigenvalue weighted by atomic mass is 16.5. The zero-order valence-corrected chi connectivity index (χ0v) is 15.3. The van der Waals surface area contributed by atoms with Gasteiger partial charge in [0.15, 0.2) is 0 Å². The molecular formula is C20H23N3O4. The number of rotatable bonds is 4. The third kappa shape index (κ3) is 2.97. The summed E-state index contributed by atoms with van der Waals surface area (Å²) in [6.07, 6.45) is 5.37. The Balaban J connectivity index is 1.42. The second kappa shape index (κ2) is 6.72. The predicted octanol–water partition coefficient (Wildman–Crippen LogP) is 2.36. The Morgan fingerprint density at radius 1 is 1.07 bits per heavy atom. The summed E-state index contributed by atoms with van der Waals surface area (Å²) in [4.78, 5) is 39.3. The van der Waals surface area contributed by atoms with E-state index in [9.17, 15) is 14.4 Å². The van der Waals surface area contributed by atoms with Gasteiger partial charge in [0.2, 0.25) is 11.8 Å². The molecule has 0 radical (unpaired) electrons. The molecule has 1 aliphatic heterocycles. The second-order valence-corrected chi connectivity index (χ2v) is 7.39. The van der Waals surface area contributed by atoms with E-state index in [0.29, 0.717) is 11.4 Å². The highest BCUT2D eigenvalue weighted by molar-refractivity contribution is 6.06. The van der Waals surface area contributed by atoms with Gasteiger partial charge >= 0.3 is 6.03 Å². The van der Waals surface area contributed by atoms with Crippen molar-refractivity contribution in [1.29, 1.82) is 0 Å². The molecule has 27 heavy (non-hydrogen) atoms. The number of allylic oxidation sites excluding steroid dienone is 2. The summed E-state index contributed by atoms with van der Waals surface area (Å²) < 4.78 is 5.08. The number of carbonyl (C=O) groups is 3. The van der Waals surface area contributed by atoms with Crippen molar-refractivity contribution in [3.8, 4) is 5.75 Å². The van der Waals surface area contributed by atoms with Crippen LogP contribution in [-0.4, -0.2) is 36.0 Å². The van der Waals surface area contributed by atoms with Crippen molar-refractivity contribution < 1.29 is 19.1 Å². The molecule has 1 heterocycles. The molecule has 2 N–H and O–H groups in total. The monoisotopic (exact) mass is 369 g/mol. The van der Waals surface area contributed by atoms with E-state index in [4.69, 9.17) is 4.74 Å². The number of nitrogens with zero attached hydrogens (tertiary/aromatic N) is 1. The Bertz CT molecular complexity index is 772. The highest BCUT2D eigenvalue weighted by Gasteiger charge is 2.57. The summed E-state index contributed by atoms with van der Waals surface area (Å²) in [5.74, 6) is 0.102. The van der Waals surface area contributed by atoms with Crippen molar-refractivity contribution >= 4 is 23.5 Å². The van der Waals surface area contributed by atoms with E-state index in [1.807, 2.05) is 0 Å². The van der Waals surface area contributed by atoms with Crippen LogP contribution in [0.4, 0.5) is 10.5 Å². The van der Waals surface area contributed by atoms with E-state index >= 15 is 0 Å². The van der Waals surface area contributed by atoms with E-state index < -0.39 is 12.2 Å². The summed E-state index contributed by atoms with van der Waals surface area (Å²) in [7, 11) is 1.57. The molecule has 1 aromatic rings. The van der Waals surface area contributed by atoms with E-state index in [2.05, 4.69) is 22.8 Å². The molecule has 7 heteroatoms. The summed E-state index contributed by atoms with van der Waals surface area (Å²) in [5, 5.41) is 5.40. The molecule has 142 valence electrons. The number of fused-ring (bicyclic) bond motifs is 1. The van der Waals surface area contributed by atoms with Crippen molar-refractivity contribution in [3.05, 3.63) is 36.4 Å². The molecule has 4 amide bonds. The number of likely N-dealkylation sites (tertiary alicyclic amines) is 1. The van der Waals surface area contributed by atoms with Crippen LogP contribution in [0.3, 0.4) is 0 Å². The SMILES string of the molecule is COc1ccc(NC(=O)N[C@H](C)N2C(=O)[C@@H]3[C@H](C2=O)[C@H]2C=C[C@H]3CC2)cc1. The Morgan fingerprint density at radius 3 is 2.11 bits per heavy atom. The fraction of sp³-hybridized carbons (Fsp3) is 0.450. The number of imide groups is 1. The van der Waals surface area contributed by atoms with Crippen LogP contribution in [0.5, 0.6) is 5.75 Å². The number of hydrogen-bond donors (Lipinski definition) is 2. The number of anilines is 1. The summed E-state index contributed by atoms with van der Waals surface area (Å²) in [6, 6.07) is 6.43. The van der Waals surface area contributed by atoms with Crippen LogP contribution in [0.1, 0.15) is 19.8 Å². The maximum absolute atomic E-state index is 12.9. The number of urea groups is 1. The van der Waals surface area contributed by atoms with Gasteiger partial charge in [0.05, 0.1) is 18.9 Å². The molecule has 7 nitrogen and oxygen atoms in total. The third-order valence-electron chi connectivity index (χ3n) is 5.87. The first-order valence-corrected chi connectivity index (χ1v) is 9.26. The second-order valence-electron chi connectivity index (χ2n) is 7.39. The molecular weight excluding hydrogens is 346 g/mol. The first kappa shape index (κ1) is 17.6. The summed E-state index contributed by atoms with van der Waals surface area (Å²) in [5.41, 5.74) is 0.593. The van der Waals surface area contributed by atoms with Gasteiger partial charge in [-0.2, -0.15) is 0 Å². The lowest BCUT2D eigenvalue weighted by Crippen LogP contribution is -2.50. The van der Waals surface area contributed by atoms with Crippen LogP contribution in [0.2, 0.25) is 0 Å².